The maximum atomic E-state index is 13.0. The van der Waals surface area contributed by atoms with Crippen molar-refractivity contribution in [1.29, 1.82) is 0 Å². The molecule has 1 amide bonds. The van der Waals surface area contributed by atoms with Crippen molar-refractivity contribution >= 4 is 22.6 Å². The third kappa shape index (κ3) is 3.56. The molecule has 2 aromatic heterocycles. The highest BCUT2D eigenvalue weighted by Gasteiger charge is 2.28. The molecule has 0 saturated carbocycles. The number of carbonyl (C=O) groups excluding carboxylic acids is 1. The van der Waals surface area contributed by atoms with Crippen molar-refractivity contribution in [3.8, 4) is 0 Å². The van der Waals surface area contributed by atoms with E-state index >= 15 is 0 Å². The highest BCUT2D eigenvalue weighted by atomic mass is 19.1. The molecule has 6 nitrogen and oxygen atoms in total. The van der Waals surface area contributed by atoms with Gasteiger partial charge in [0.15, 0.2) is 5.82 Å². The number of rotatable bonds is 4. The fourth-order valence-corrected chi connectivity index (χ4v) is 3.93. The predicted molar refractivity (Wildman–Crippen MR) is 106 cm³/mol. The molecule has 0 radical (unpaired) electrons. The summed E-state index contributed by atoms with van der Waals surface area (Å²) in [6, 6.07) is 8.19. The standard InChI is InChI=1S/C21H24FN5O/c1-14-18-9-10-23-20(19(18)26(2)25-14)27-11-3-4-16(13-27)21(28)24-12-15-5-7-17(22)8-6-15/h5-10,16H,3-4,11-13H2,1-2H3,(H,24,28)/t16-/m0/s1. The number of piperidine rings is 1. The van der Waals surface area contributed by atoms with Gasteiger partial charge in [-0.2, -0.15) is 5.10 Å². The van der Waals surface area contributed by atoms with Gasteiger partial charge in [0, 0.05) is 38.3 Å². The first-order valence-corrected chi connectivity index (χ1v) is 9.58. The summed E-state index contributed by atoms with van der Waals surface area (Å²) in [5, 5.41) is 8.59. The van der Waals surface area contributed by atoms with Crippen molar-refractivity contribution in [3.05, 3.63) is 53.6 Å². The van der Waals surface area contributed by atoms with Crippen LogP contribution in [-0.4, -0.2) is 33.8 Å². The maximum Gasteiger partial charge on any atom is 0.225 e. The van der Waals surface area contributed by atoms with Crippen LogP contribution in [0.15, 0.2) is 36.5 Å². The van der Waals surface area contributed by atoms with Crippen LogP contribution in [0, 0.1) is 18.7 Å². The van der Waals surface area contributed by atoms with Crippen LogP contribution in [-0.2, 0) is 18.4 Å². The first-order chi connectivity index (χ1) is 13.5. The van der Waals surface area contributed by atoms with Gasteiger partial charge < -0.3 is 10.2 Å². The molecule has 3 heterocycles. The molecule has 1 aromatic carbocycles. The molecule has 4 rings (SSSR count). The summed E-state index contributed by atoms with van der Waals surface area (Å²) >= 11 is 0. The molecule has 0 unspecified atom stereocenters. The number of carbonyl (C=O) groups is 1. The Morgan fingerprint density at radius 3 is 2.86 bits per heavy atom. The predicted octanol–water partition coefficient (Wildman–Crippen LogP) is 2.95. The largest absolute Gasteiger partial charge is 0.354 e. The Morgan fingerprint density at radius 2 is 2.07 bits per heavy atom. The number of hydrogen-bond acceptors (Lipinski definition) is 4. The van der Waals surface area contributed by atoms with Crippen molar-refractivity contribution in [2.24, 2.45) is 13.0 Å². The van der Waals surface area contributed by atoms with Gasteiger partial charge in [0.1, 0.15) is 11.3 Å². The number of hydrogen-bond donors (Lipinski definition) is 1. The Hall–Kier alpha value is -2.96. The zero-order valence-corrected chi connectivity index (χ0v) is 16.2. The van der Waals surface area contributed by atoms with Gasteiger partial charge in [-0.3, -0.25) is 9.48 Å². The molecule has 3 aromatic rings. The van der Waals surface area contributed by atoms with E-state index in [-0.39, 0.29) is 17.6 Å². The molecule has 146 valence electrons. The molecule has 7 heteroatoms. The summed E-state index contributed by atoms with van der Waals surface area (Å²) in [6.45, 7) is 3.90. The minimum Gasteiger partial charge on any atom is -0.354 e. The van der Waals surface area contributed by atoms with Crippen molar-refractivity contribution in [2.75, 3.05) is 18.0 Å². The van der Waals surface area contributed by atoms with E-state index in [0.29, 0.717) is 13.1 Å². The Kier molecular flexibility index (Phi) is 4.98. The number of aromatic nitrogens is 3. The Labute approximate surface area is 163 Å². The lowest BCUT2D eigenvalue weighted by atomic mass is 9.97. The van der Waals surface area contributed by atoms with E-state index in [1.165, 1.54) is 12.1 Å². The number of amides is 1. The quantitative estimate of drug-likeness (QED) is 0.755. The van der Waals surface area contributed by atoms with E-state index in [2.05, 4.69) is 20.3 Å². The van der Waals surface area contributed by atoms with E-state index in [1.54, 1.807) is 12.1 Å². The molecule has 0 spiro atoms. The second-order valence-corrected chi connectivity index (χ2v) is 7.37. The molecule has 1 aliphatic heterocycles. The second-order valence-electron chi connectivity index (χ2n) is 7.37. The van der Waals surface area contributed by atoms with Crippen molar-refractivity contribution in [3.63, 3.8) is 0 Å². The van der Waals surface area contributed by atoms with Gasteiger partial charge in [-0.1, -0.05) is 12.1 Å². The monoisotopic (exact) mass is 381 g/mol. The number of nitrogens with one attached hydrogen (secondary N) is 1. The molecular formula is C21H24FN5O. The third-order valence-corrected chi connectivity index (χ3v) is 5.39. The minimum atomic E-state index is -0.273. The molecule has 1 N–H and O–H groups in total. The van der Waals surface area contributed by atoms with Crippen molar-refractivity contribution in [2.45, 2.75) is 26.3 Å². The van der Waals surface area contributed by atoms with Crippen molar-refractivity contribution in [1.82, 2.24) is 20.1 Å². The number of nitrogens with zero attached hydrogens (tertiary/aromatic N) is 4. The lowest BCUT2D eigenvalue weighted by Gasteiger charge is -2.33. The van der Waals surface area contributed by atoms with Gasteiger partial charge in [-0.05, 0) is 43.5 Å². The Bertz CT molecular complexity index is 998. The fraction of sp³-hybridized carbons (Fsp3) is 0.381. The number of anilines is 1. The minimum absolute atomic E-state index is 0.0300. The normalized spacial score (nSPS) is 17.1. The highest BCUT2D eigenvalue weighted by Crippen LogP contribution is 2.29. The summed E-state index contributed by atoms with van der Waals surface area (Å²) in [7, 11) is 1.93. The first kappa shape index (κ1) is 18.4. The van der Waals surface area contributed by atoms with Gasteiger partial charge in [0.25, 0.3) is 0 Å². The molecule has 0 bridgehead atoms. The number of fused-ring (bicyclic) bond motifs is 1. The van der Waals surface area contributed by atoms with E-state index in [1.807, 2.05) is 30.9 Å². The molecule has 28 heavy (non-hydrogen) atoms. The van der Waals surface area contributed by atoms with Crippen LogP contribution in [0.4, 0.5) is 10.2 Å². The zero-order valence-electron chi connectivity index (χ0n) is 16.2. The van der Waals surface area contributed by atoms with E-state index < -0.39 is 0 Å². The lowest BCUT2D eigenvalue weighted by Crippen LogP contribution is -2.43. The van der Waals surface area contributed by atoms with E-state index in [9.17, 15) is 9.18 Å². The van der Waals surface area contributed by atoms with Crippen LogP contribution in [0.2, 0.25) is 0 Å². The van der Waals surface area contributed by atoms with Crippen LogP contribution in [0.5, 0.6) is 0 Å². The SMILES string of the molecule is Cc1nn(C)c2c(N3CCC[C@H](C(=O)NCc4ccc(F)cc4)C3)nccc12. The molecule has 1 saturated heterocycles. The van der Waals surface area contributed by atoms with Crippen molar-refractivity contribution < 1.29 is 9.18 Å². The van der Waals surface area contributed by atoms with Gasteiger partial charge in [-0.25, -0.2) is 9.37 Å². The maximum absolute atomic E-state index is 13.0. The smallest absolute Gasteiger partial charge is 0.225 e. The van der Waals surface area contributed by atoms with Crippen LogP contribution in [0.1, 0.15) is 24.1 Å². The van der Waals surface area contributed by atoms with Crippen LogP contribution < -0.4 is 10.2 Å². The third-order valence-electron chi connectivity index (χ3n) is 5.39. The van der Waals surface area contributed by atoms with Gasteiger partial charge >= 0.3 is 0 Å². The number of aryl methyl sites for hydroxylation is 2. The van der Waals surface area contributed by atoms with E-state index in [4.69, 9.17) is 0 Å². The van der Waals surface area contributed by atoms with Gasteiger partial charge in [-0.15, -0.1) is 0 Å². The topological polar surface area (TPSA) is 63.1 Å². The first-order valence-electron chi connectivity index (χ1n) is 9.58. The van der Waals surface area contributed by atoms with Crippen LogP contribution in [0.25, 0.3) is 10.9 Å². The van der Waals surface area contributed by atoms with Crippen LogP contribution in [0.3, 0.4) is 0 Å². The van der Waals surface area contributed by atoms with Crippen LogP contribution >= 0.6 is 0 Å². The van der Waals surface area contributed by atoms with Gasteiger partial charge in [0.2, 0.25) is 5.91 Å². The molecule has 1 atom stereocenters. The van der Waals surface area contributed by atoms with E-state index in [0.717, 1.165) is 47.4 Å². The Morgan fingerprint density at radius 1 is 1.29 bits per heavy atom. The average Bonchev–Trinajstić information content (AvgIpc) is 3.01. The number of halogens is 1. The second kappa shape index (κ2) is 7.58. The average molecular weight is 381 g/mol. The Balaban J connectivity index is 1.47. The summed E-state index contributed by atoms with van der Waals surface area (Å²) in [5.41, 5.74) is 2.87. The molecule has 1 fully saturated rings. The zero-order chi connectivity index (χ0) is 19.7. The fourth-order valence-electron chi connectivity index (χ4n) is 3.93. The molecule has 0 aliphatic carbocycles. The van der Waals surface area contributed by atoms with Gasteiger partial charge in [0.05, 0.1) is 11.6 Å². The summed E-state index contributed by atoms with van der Waals surface area (Å²) in [4.78, 5) is 19.5. The lowest BCUT2D eigenvalue weighted by molar-refractivity contribution is -0.125. The summed E-state index contributed by atoms with van der Waals surface area (Å²) in [6.07, 6.45) is 3.60. The summed E-state index contributed by atoms with van der Waals surface area (Å²) < 4.78 is 14.9. The molecule has 1 aliphatic rings. The summed E-state index contributed by atoms with van der Waals surface area (Å²) in [5.74, 6) is 0.546. The molecular weight excluding hydrogens is 357 g/mol. The highest BCUT2D eigenvalue weighted by molar-refractivity contribution is 5.91. The number of pyridine rings is 1. The number of benzene rings is 1.